The van der Waals surface area contributed by atoms with Gasteiger partial charge in [-0.2, -0.15) is 0 Å². The molecule has 3 rings (SSSR count). The number of carbonyl (C=O) groups excluding carboxylic acids is 1. The van der Waals surface area contributed by atoms with Gasteiger partial charge in [0.2, 0.25) is 15.9 Å². The Bertz CT molecular complexity index is 671. The Morgan fingerprint density at radius 3 is 2.67 bits per heavy atom. The molecule has 0 bridgehead atoms. The molecule has 1 amide bonds. The third-order valence-corrected chi connectivity index (χ3v) is 7.05. The van der Waals surface area contributed by atoms with Crippen LogP contribution in [-0.4, -0.2) is 44.1 Å². The van der Waals surface area contributed by atoms with Gasteiger partial charge in [0.15, 0.2) is 4.75 Å². The summed E-state index contributed by atoms with van der Waals surface area (Å²) in [5, 5.41) is 2.72. The van der Waals surface area contributed by atoms with E-state index in [1.807, 2.05) is 0 Å². The molecule has 21 heavy (non-hydrogen) atoms. The van der Waals surface area contributed by atoms with Crippen molar-refractivity contribution >= 4 is 21.6 Å². The molecule has 114 valence electrons. The fourth-order valence-corrected chi connectivity index (χ4v) is 5.14. The van der Waals surface area contributed by atoms with E-state index in [-0.39, 0.29) is 5.92 Å². The van der Waals surface area contributed by atoms with E-state index in [0.717, 1.165) is 6.42 Å². The Balaban J connectivity index is 1.82. The van der Waals surface area contributed by atoms with Crippen molar-refractivity contribution in [2.45, 2.75) is 17.6 Å². The highest BCUT2D eigenvalue weighted by Crippen LogP contribution is 2.56. The zero-order valence-electron chi connectivity index (χ0n) is 12.0. The number of rotatable bonds is 3. The Morgan fingerprint density at radius 1 is 1.38 bits per heavy atom. The number of hydrogen-bond acceptors (Lipinski definition) is 4. The number of methoxy groups -OCH3 is 1. The summed E-state index contributed by atoms with van der Waals surface area (Å²) in [5.41, 5.74) is 0.573. The van der Waals surface area contributed by atoms with E-state index in [9.17, 15) is 13.2 Å². The fourth-order valence-electron chi connectivity index (χ4n) is 3.00. The maximum Gasteiger partial charge on any atom is 0.247 e. The summed E-state index contributed by atoms with van der Waals surface area (Å²) in [6.45, 7) is 0.491. The molecule has 0 radical (unpaired) electrons. The minimum absolute atomic E-state index is 0.0584. The highest BCUT2D eigenvalue weighted by atomic mass is 32.2. The predicted octanol–water partition coefficient (Wildman–Crippen LogP) is 1.06. The average molecular weight is 310 g/mol. The second kappa shape index (κ2) is 4.71. The van der Waals surface area contributed by atoms with Crippen molar-refractivity contribution in [3.8, 4) is 5.75 Å². The van der Waals surface area contributed by atoms with Crippen LogP contribution in [0.1, 0.15) is 12.8 Å². The van der Waals surface area contributed by atoms with E-state index >= 15 is 0 Å². The molecule has 2 aliphatic rings. The molecule has 2 fully saturated rings. The van der Waals surface area contributed by atoms with Crippen LogP contribution in [0.2, 0.25) is 0 Å². The molecule has 1 N–H and O–H groups in total. The summed E-state index contributed by atoms with van der Waals surface area (Å²) in [7, 11) is -0.468. The lowest BCUT2D eigenvalue weighted by atomic mass is 10.2. The van der Waals surface area contributed by atoms with Gasteiger partial charge in [0.1, 0.15) is 5.75 Å². The van der Waals surface area contributed by atoms with E-state index in [4.69, 9.17) is 4.74 Å². The summed E-state index contributed by atoms with van der Waals surface area (Å²) >= 11 is 0. The van der Waals surface area contributed by atoms with Crippen LogP contribution in [0, 0.1) is 5.92 Å². The van der Waals surface area contributed by atoms with Gasteiger partial charge in [-0.25, -0.2) is 12.7 Å². The molecule has 6 nitrogen and oxygen atoms in total. The van der Waals surface area contributed by atoms with Crippen LogP contribution in [0.3, 0.4) is 0 Å². The average Bonchev–Trinajstić information content (AvgIpc) is 3.21. The normalized spacial score (nSPS) is 30.3. The highest BCUT2D eigenvalue weighted by Gasteiger charge is 2.71. The van der Waals surface area contributed by atoms with Crippen LogP contribution in [0.5, 0.6) is 5.75 Å². The van der Waals surface area contributed by atoms with Crippen LogP contribution in [0.25, 0.3) is 0 Å². The van der Waals surface area contributed by atoms with Gasteiger partial charge < -0.3 is 10.1 Å². The van der Waals surface area contributed by atoms with Crippen LogP contribution < -0.4 is 10.1 Å². The molecule has 7 heteroatoms. The SMILES string of the molecule is COc1ccc(NC(=O)[C@@]23C[C@H]2CCN(C)S3(=O)=O)cc1. The second-order valence-corrected chi connectivity index (χ2v) is 7.89. The number of amides is 1. The number of fused-ring (bicyclic) bond motifs is 1. The van der Waals surface area contributed by atoms with Crippen LogP contribution >= 0.6 is 0 Å². The summed E-state index contributed by atoms with van der Waals surface area (Å²) < 4.78 is 30.0. The standard InChI is InChI=1S/C14H18N2O4S/c1-16-8-7-10-9-14(10,21(16,18)19)13(17)15-11-3-5-12(20-2)6-4-11/h3-6,10H,7-9H2,1-2H3,(H,15,17)/t10-,14-/m1/s1. The first-order valence-electron chi connectivity index (χ1n) is 6.83. The van der Waals surface area contributed by atoms with Gasteiger partial charge in [-0.05, 0) is 43.0 Å². The molecule has 1 aromatic carbocycles. The smallest absolute Gasteiger partial charge is 0.247 e. The van der Waals surface area contributed by atoms with Crippen molar-refractivity contribution in [1.29, 1.82) is 0 Å². The monoisotopic (exact) mass is 310 g/mol. The summed E-state index contributed by atoms with van der Waals surface area (Å²) in [6, 6.07) is 6.84. The molecule has 0 unspecified atom stereocenters. The van der Waals surface area contributed by atoms with Crippen molar-refractivity contribution in [2.75, 3.05) is 26.0 Å². The van der Waals surface area contributed by atoms with Crippen LogP contribution in [0.15, 0.2) is 24.3 Å². The van der Waals surface area contributed by atoms with E-state index in [0.29, 0.717) is 24.4 Å². The number of ether oxygens (including phenoxy) is 1. The first-order valence-corrected chi connectivity index (χ1v) is 8.27. The van der Waals surface area contributed by atoms with Gasteiger partial charge in [0.05, 0.1) is 7.11 Å². The number of sulfonamides is 1. The minimum Gasteiger partial charge on any atom is -0.497 e. The number of anilines is 1. The molecule has 1 aliphatic carbocycles. The molecular formula is C14H18N2O4S. The summed E-state index contributed by atoms with van der Waals surface area (Å²) in [5.74, 6) is 0.196. The van der Waals surface area contributed by atoms with Gasteiger partial charge in [0.25, 0.3) is 0 Å². The lowest BCUT2D eigenvalue weighted by Gasteiger charge is -2.28. The van der Waals surface area contributed by atoms with E-state index < -0.39 is 20.7 Å². The third-order valence-electron chi connectivity index (χ3n) is 4.44. The Hall–Kier alpha value is -1.60. The predicted molar refractivity (Wildman–Crippen MR) is 78.6 cm³/mol. The molecule has 1 heterocycles. The van der Waals surface area contributed by atoms with Gasteiger partial charge in [-0.3, -0.25) is 4.79 Å². The fraction of sp³-hybridized carbons (Fsp3) is 0.500. The lowest BCUT2D eigenvalue weighted by molar-refractivity contribution is -0.117. The lowest BCUT2D eigenvalue weighted by Crippen LogP contribution is -2.50. The maximum absolute atomic E-state index is 12.5. The Kier molecular flexibility index (Phi) is 3.22. The first kappa shape index (κ1) is 14.3. The van der Waals surface area contributed by atoms with E-state index in [2.05, 4.69) is 5.32 Å². The molecule has 1 aliphatic heterocycles. The number of nitrogens with zero attached hydrogens (tertiary/aromatic N) is 1. The van der Waals surface area contributed by atoms with Crippen molar-refractivity contribution in [1.82, 2.24) is 4.31 Å². The molecule has 0 spiro atoms. The third kappa shape index (κ3) is 2.03. The number of nitrogens with one attached hydrogen (secondary N) is 1. The first-order chi connectivity index (χ1) is 9.91. The molecule has 1 aromatic rings. The van der Waals surface area contributed by atoms with E-state index in [1.54, 1.807) is 31.4 Å². The zero-order chi connectivity index (χ0) is 15.3. The largest absolute Gasteiger partial charge is 0.497 e. The van der Waals surface area contributed by atoms with Crippen molar-refractivity contribution in [3.05, 3.63) is 24.3 Å². The van der Waals surface area contributed by atoms with Crippen LogP contribution in [0.4, 0.5) is 5.69 Å². The summed E-state index contributed by atoms with van der Waals surface area (Å²) in [6.07, 6.45) is 1.16. The second-order valence-electron chi connectivity index (χ2n) is 5.59. The van der Waals surface area contributed by atoms with Crippen molar-refractivity contribution in [2.24, 2.45) is 5.92 Å². The van der Waals surface area contributed by atoms with E-state index in [1.165, 1.54) is 11.4 Å². The number of hydrogen-bond donors (Lipinski definition) is 1. The van der Waals surface area contributed by atoms with Crippen LogP contribution in [-0.2, 0) is 14.8 Å². The summed E-state index contributed by atoms with van der Waals surface area (Å²) in [4.78, 5) is 12.5. The number of benzene rings is 1. The van der Waals surface area contributed by atoms with Gasteiger partial charge >= 0.3 is 0 Å². The Labute approximate surface area is 124 Å². The number of carbonyl (C=O) groups is 1. The molecule has 2 atom stereocenters. The molecular weight excluding hydrogens is 292 g/mol. The molecule has 0 aromatic heterocycles. The van der Waals surface area contributed by atoms with Gasteiger partial charge in [-0.15, -0.1) is 0 Å². The zero-order valence-corrected chi connectivity index (χ0v) is 12.8. The quantitative estimate of drug-likeness (QED) is 0.905. The highest BCUT2D eigenvalue weighted by molar-refractivity contribution is 7.91. The maximum atomic E-state index is 12.5. The minimum atomic E-state index is -3.56. The van der Waals surface area contributed by atoms with Crippen molar-refractivity contribution in [3.63, 3.8) is 0 Å². The van der Waals surface area contributed by atoms with Gasteiger partial charge in [-0.1, -0.05) is 0 Å². The Morgan fingerprint density at radius 2 is 2.05 bits per heavy atom. The molecule has 1 saturated carbocycles. The van der Waals surface area contributed by atoms with Crippen molar-refractivity contribution < 1.29 is 17.9 Å². The molecule has 1 saturated heterocycles. The van der Waals surface area contributed by atoms with Gasteiger partial charge in [0, 0.05) is 19.3 Å². The topological polar surface area (TPSA) is 75.7 Å².